The zero-order valence-electron chi connectivity index (χ0n) is 20.6. The molecule has 1 aliphatic rings. The Balaban J connectivity index is 2.26. The zero-order chi connectivity index (χ0) is 22.8. The largest absolute Gasteiger partial charge is 0.298 e. The van der Waals surface area contributed by atoms with Crippen LogP contribution in [0.25, 0.3) is 0 Å². The van der Waals surface area contributed by atoms with Crippen molar-refractivity contribution in [1.29, 1.82) is 0 Å². The Bertz CT molecular complexity index is 1120. The number of rotatable bonds is 1. The van der Waals surface area contributed by atoms with Gasteiger partial charge in [0.1, 0.15) is 0 Å². The number of hydrogen-bond donors (Lipinski definition) is 0. The molecular formula is C24H26O. The van der Waals surface area contributed by atoms with E-state index in [-0.39, 0.29) is 33.9 Å². The van der Waals surface area contributed by atoms with Gasteiger partial charge in [-0.2, -0.15) is 0 Å². The summed E-state index contributed by atoms with van der Waals surface area (Å²) in [5, 5.41) is 0. The Morgan fingerprint density at radius 3 is 2.00 bits per heavy atom. The van der Waals surface area contributed by atoms with Crippen molar-refractivity contribution in [3.05, 3.63) is 70.2 Å². The third-order valence-corrected chi connectivity index (χ3v) is 6.61. The highest BCUT2D eigenvalue weighted by Crippen LogP contribution is 2.61. The van der Waals surface area contributed by atoms with Gasteiger partial charge in [0.2, 0.25) is 0 Å². The smallest absolute Gasteiger partial charge is 0.151 e. The Labute approximate surface area is 158 Å². The van der Waals surface area contributed by atoms with Crippen LogP contribution in [-0.2, 0) is 10.8 Å². The van der Waals surface area contributed by atoms with E-state index >= 15 is 0 Å². The van der Waals surface area contributed by atoms with Gasteiger partial charge in [0.25, 0.3) is 0 Å². The van der Waals surface area contributed by atoms with E-state index in [0.29, 0.717) is 11.1 Å². The normalized spacial score (nSPS) is 21.6. The molecule has 0 saturated heterocycles. The van der Waals surface area contributed by atoms with Gasteiger partial charge in [-0.3, -0.25) is 4.79 Å². The van der Waals surface area contributed by atoms with Gasteiger partial charge in [-0.1, -0.05) is 71.5 Å². The topological polar surface area (TPSA) is 17.1 Å². The molecule has 0 heterocycles. The Kier molecular flexibility index (Phi) is 2.71. The summed E-state index contributed by atoms with van der Waals surface area (Å²) in [6.45, 7) is 13.2. The van der Waals surface area contributed by atoms with Crippen LogP contribution in [0, 0.1) is 17.3 Å². The van der Waals surface area contributed by atoms with Crippen LogP contribution in [0.5, 0.6) is 0 Å². The maximum absolute atomic E-state index is 11.8. The Morgan fingerprint density at radius 2 is 1.44 bits per heavy atom. The molecule has 1 heteroatoms. The summed E-state index contributed by atoms with van der Waals surface area (Å²) >= 11 is 0. The predicted octanol–water partition coefficient (Wildman–Crippen LogP) is 5.49. The molecule has 0 N–H and O–H groups in total. The van der Waals surface area contributed by atoms with Crippen molar-refractivity contribution in [2.45, 2.75) is 52.4 Å². The van der Waals surface area contributed by atoms with Crippen molar-refractivity contribution >= 4 is 6.29 Å². The Hall–Kier alpha value is -2.33. The first-order valence-corrected chi connectivity index (χ1v) is 8.43. The number of carbonyl (C=O) groups is 1. The maximum Gasteiger partial charge on any atom is 0.151 e. The molecule has 0 aromatic heterocycles. The fourth-order valence-electron chi connectivity index (χ4n) is 3.75. The fourth-order valence-corrected chi connectivity index (χ4v) is 3.75. The predicted molar refractivity (Wildman–Crippen MR) is 104 cm³/mol. The number of benzene rings is 2. The standard InChI is InChI=1S/C24H26O/c1-22(2)20-14-18(13-12-17-10-8-7-9-11-17)19(16-25)15-21(20)23(3,4)24(22,5)6/h7-11,14-16H,1-6H3/i7D,8D,9D,10D,11D. The third kappa shape index (κ3) is 2.44. The number of carbonyl (C=O) groups excluding carboxylic acids is 1. The SMILES string of the molecule is [2H]c1c([2H])c([2H])c(C#Cc2cc3c(cc2C=O)C(C)(C)C(C)(C)C3(C)C)c([2H])c1[2H]. The first-order chi connectivity index (χ1) is 13.7. The van der Waals surface area contributed by atoms with E-state index in [4.69, 9.17) is 6.85 Å². The number of fused-ring (bicyclic) bond motifs is 1. The Morgan fingerprint density at radius 1 is 0.880 bits per heavy atom. The molecular weight excluding hydrogens is 304 g/mol. The lowest BCUT2D eigenvalue weighted by Crippen LogP contribution is -2.42. The van der Waals surface area contributed by atoms with E-state index in [2.05, 4.69) is 53.4 Å². The molecule has 3 rings (SSSR count). The van der Waals surface area contributed by atoms with Crippen molar-refractivity contribution in [1.82, 2.24) is 0 Å². The van der Waals surface area contributed by atoms with Crippen molar-refractivity contribution in [2.75, 3.05) is 0 Å². The second kappa shape index (κ2) is 5.60. The minimum absolute atomic E-state index is 0.0680. The molecule has 128 valence electrons. The molecule has 1 aliphatic carbocycles. The van der Waals surface area contributed by atoms with Crippen LogP contribution >= 0.6 is 0 Å². The van der Waals surface area contributed by atoms with Gasteiger partial charge in [-0.05, 0) is 51.6 Å². The van der Waals surface area contributed by atoms with Gasteiger partial charge in [-0.15, -0.1) is 0 Å². The minimum Gasteiger partial charge on any atom is -0.298 e. The lowest BCUT2D eigenvalue weighted by molar-refractivity contribution is 0.112. The van der Waals surface area contributed by atoms with Crippen molar-refractivity contribution in [2.24, 2.45) is 5.41 Å². The molecule has 0 unspecified atom stereocenters. The molecule has 1 nitrogen and oxygen atoms in total. The van der Waals surface area contributed by atoms with E-state index in [1.165, 1.54) is 0 Å². The molecule has 2 aromatic rings. The molecule has 0 fully saturated rings. The third-order valence-electron chi connectivity index (χ3n) is 6.61. The first-order valence-electron chi connectivity index (χ1n) is 10.9. The lowest BCUT2D eigenvalue weighted by Gasteiger charge is -2.44. The second-order valence-electron chi connectivity index (χ2n) is 8.23. The van der Waals surface area contributed by atoms with Crippen molar-refractivity contribution in [3.63, 3.8) is 0 Å². The van der Waals surface area contributed by atoms with Crippen LogP contribution in [0.4, 0.5) is 0 Å². The fraction of sp³-hybridized carbons (Fsp3) is 0.375. The van der Waals surface area contributed by atoms with Gasteiger partial charge < -0.3 is 0 Å². The maximum atomic E-state index is 11.8. The molecule has 0 bridgehead atoms. The summed E-state index contributed by atoms with van der Waals surface area (Å²) in [7, 11) is 0. The first kappa shape index (κ1) is 12.1. The summed E-state index contributed by atoms with van der Waals surface area (Å²) in [5.74, 6) is 5.64. The average Bonchev–Trinajstić information content (AvgIpc) is 2.78. The van der Waals surface area contributed by atoms with E-state index < -0.39 is 18.1 Å². The lowest BCUT2D eigenvalue weighted by atomic mass is 9.59. The van der Waals surface area contributed by atoms with Gasteiger partial charge in [-0.25, -0.2) is 0 Å². The van der Waals surface area contributed by atoms with Crippen molar-refractivity contribution < 1.29 is 11.6 Å². The van der Waals surface area contributed by atoms with Gasteiger partial charge >= 0.3 is 0 Å². The van der Waals surface area contributed by atoms with Crippen LogP contribution in [0.1, 0.15) is 81.0 Å². The van der Waals surface area contributed by atoms with Crippen LogP contribution < -0.4 is 0 Å². The monoisotopic (exact) mass is 335 g/mol. The quantitative estimate of drug-likeness (QED) is 0.497. The van der Waals surface area contributed by atoms with Crippen LogP contribution in [0.3, 0.4) is 0 Å². The van der Waals surface area contributed by atoms with E-state index in [1.54, 1.807) is 0 Å². The summed E-state index contributed by atoms with van der Waals surface area (Å²) in [6.07, 6.45) is 0.765. The van der Waals surface area contributed by atoms with Crippen molar-refractivity contribution in [3.8, 4) is 11.8 Å². The molecule has 0 amide bonds. The van der Waals surface area contributed by atoms with Crippen LogP contribution in [0.2, 0.25) is 0 Å². The number of hydrogen-bond acceptors (Lipinski definition) is 1. The minimum atomic E-state index is -0.451. The highest BCUT2D eigenvalue weighted by molar-refractivity contribution is 5.81. The van der Waals surface area contributed by atoms with E-state index in [9.17, 15) is 4.79 Å². The molecule has 0 spiro atoms. The highest BCUT2D eigenvalue weighted by atomic mass is 16.1. The molecule has 0 radical (unpaired) electrons. The molecule has 2 aromatic carbocycles. The van der Waals surface area contributed by atoms with Gasteiger partial charge in [0.05, 0.1) is 6.85 Å². The molecule has 25 heavy (non-hydrogen) atoms. The van der Waals surface area contributed by atoms with E-state index in [0.717, 1.165) is 17.4 Å². The second-order valence-corrected chi connectivity index (χ2v) is 8.23. The average molecular weight is 336 g/mol. The van der Waals surface area contributed by atoms with Gasteiger partial charge in [0.15, 0.2) is 6.29 Å². The molecule has 0 saturated carbocycles. The van der Waals surface area contributed by atoms with Crippen LogP contribution in [0.15, 0.2) is 42.3 Å². The highest BCUT2D eigenvalue weighted by Gasteiger charge is 2.56. The van der Waals surface area contributed by atoms with Crippen LogP contribution in [-0.4, -0.2) is 6.29 Å². The summed E-state index contributed by atoms with van der Waals surface area (Å²) in [4.78, 5) is 11.8. The zero-order valence-corrected chi connectivity index (χ0v) is 15.6. The van der Waals surface area contributed by atoms with Gasteiger partial charge in [0, 0.05) is 16.7 Å². The molecule has 0 atom stereocenters. The summed E-state index contributed by atoms with van der Waals surface area (Å²) in [5.41, 5.74) is 2.72. The summed E-state index contributed by atoms with van der Waals surface area (Å²) in [6, 6.07) is 1.84. The number of aldehydes is 1. The van der Waals surface area contributed by atoms with E-state index in [1.807, 2.05) is 12.1 Å². The summed E-state index contributed by atoms with van der Waals surface area (Å²) < 4.78 is 39.4. The molecule has 0 aliphatic heterocycles.